The third-order valence-electron chi connectivity index (χ3n) is 2.32. The fourth-order valence-electron chi connectivity index (χ4n) is 1.60. The molecule has 0 fully saturated rings. The molecule has 0 aliphatic carbocycles. The third kappa shape index (κ3) is 4.37. The average molecular weight is 254 g/mol. The number of alkyl carbamates (subject to hydrolysis) is 1. The summed E-state index contributed by atoms with van der Waals surface area (Å²) < 4.78 is 6.84. The van der Waals surface area contributed by atoms with Gasteiger partial charge in [-0.05, 0) is 27.7 Å². The lowest BCUT2D eigenvalue weighted by atomic mass is 10.1. The van der Waals surface area contributed by atoms with Gasteiger partial charge in [-0.25, -0.2) is 4.79 Å². The molecule has 1 atom stereocenters. The number of hydrogen-bond donors (Lipinski definition) is 2. The van der Waals surface area contributed by atoms with Crippen LogP contribution in [-0.2, 0) is 11.8 Å². The van der Waals surface area contributed by atoms with Crippen molar-refractivity contribution >= 4 is 6.09 Å². The first-order chi connectivity index (χ1) is 8.19. The quantitative estimate of drug-likeness (QED) is 0.850. The van der Waals surface area contributed by atoms with E-state index in [0.717, 1.165) is 11.3 Å². The third-order valence-corrected chi connectivity index (χ3v) is 2.32. The summed E-state index contributed by atoms with van der Waals surface area (Å²) in [7, 11) is 1.84. The van der Waals surface area contributed by atoms with E-state index in [9.17, 15) is 4.79 Å². The molecule has 0 aliphatic rings. The summed E-state index contributed by atoms with van der Waals surface area (Å²) in [4.78, 5) is 11.5. The number of nitrogens with two attached hydrogens (primary N) is 1. The summed E-state index contributed by atoms with van der Waals surface area (Å²) in [5.41, 5.74) is 7.29. The molecule has 0 radical (unpaired) electrons. The second-order valence-electron chi connectivity index (χ2n) is 5.33. The average Bonchev–Trinajstić information content (AvgIpc) is 2.52. The van der Waals surface area contributed by atoms with E-state index in [1.54, 1.807) is 4.68 Å². The Hall–Kier alpha value is -1.56. The van der Waals surface area contributed by atoms with Crippen molar-refractivity contribution in [2.75, 3.05) is 6.54 Å². The van der Waals surface area contributed by atoms with Gasteiger partial charge in [0.25, 0.3) is 0 Å². The molecule has 1 aromatic heterocycles. The monoisotopic (exact) mass is 254 g/mol. The molecule has 3 N–H and O–H groups in total. The SMILES string of the molecule is Cc1nn(C)cc1C(N)CNC(=O)OC(C)(C)C. The maximum absolute atomic E-state index is 11.5. The number of aromatic nitrogens is 2. The van der Waals surface area contributed by atoms with Gasteiger partial charge in [-0.2, -0.15) is 5.10 Å². The van der Waals surface area contributed by atoms with Crippen molar-refractivity contribution in [2.45, 2.75) is 39.3 Å². The molecular weight excluding hydrogens is 232 g/mol. The molecule has 18 heavy (non-hydrogen) atoms. The van der Waals surface area contributed by atoms with Gasteiger partial charge in [-0.3, -0.25) is 4.68 Å². The van der Waals surface area contributed by atoms with Crippen molar-refractivity contribution in [3.8, 4) is 0 Å². The molecule has 6 heteroatoms. The lowest BCUT2D eigenvalue weighted by Gasteiger charge is -2.20. The minimum Gasteiger partial charge on any atom is -0.444 e. The Morgan fingerprint density at radius 3 is 2.67 bits per heavy atom. The van der Waals surface area contributed by atoms with Crippen molar-refractivity contribution in [1.29, 1.82) is 0 Å². The number of aryl methyl sites for hydroxylation is 2. The van der Waals surface area contributed by atoms with E-state index in [1.807, 2.05) is 40.9 Å². The molecule has 102 valence electrons. The molecule has 0 aliphatic heterocycles. The van der Waals surface area contributed by atoms with Gasteiger partial charge < -0.3 is 15.8 Å². The van der Waals surface area contributed by atoms with Crippen molar-refractivity contribution in [1.82, 2.24) is 15.1 Å². The van der Waals surface area contributed by atoms with Crippen LogP contribution in [0.3, 0.4) is 0 Å². The largest absolute Gasteiger partial charge is 0.444 e. The maximum Gasteiger partial charge on any atom is 0.407 e. The summed E-state index contributed by atoms with van der Waals surface area (Å²) in [6, 6.07) is -0.286. The number of carbonyl (C=O) groups excluding carboxylic acids is 1. The number of nitrogens with zero attached hydrogens (tertiary/aromatic N) is 2. The summed E-state index contributed by atoms with van der Waals surface area (Å²) in [5, 5.41) is 6.86. The summed E-state index contributed by atoms with van der Waals surface area (Å²) in [6.45, 7) is 7.66. The van der Waals surface area contributed by atoms with E-state index in [2.05, 4.69) is 10.4 Å². The van der Waals surface area contributed by atoms with Gasteiger partial charge in [0.05, 0.1) is 11.7 Å². The highest BCUT2D eigenvalue weighted by atomic mass is 16.6. The summed E-state index contributed by atoms with van der Waals surface area (Å²) in [5.74, 6) is 0. The zero-order chi connectivity index (χ0) is 13.9. The molecule has 0 bridgehead atoms. The van der Waals surface area contributed by atoms with Crippen molar-refractivity contribution in [3.63, 3.8) is 0 Å². The summed E-state index contributed by atoms with van der Waals surface area (Å²) in [6.07, 6.45) is 1.40. The predicted molar refractivity (Wildman–Crippen MR) is 69.1 cm³/mol. The van der Waals surface area contributed by atoms with Gasteiger partial charge in [-0.15, -0.1) is 0 Å². The molecule has 1 heterocycles. The first kappa shape index (κ1) is 14.5. The Morgan fingerprint density at radius 1 is 1.61 bits per heavy atom. The second-order valence-corrected chi connectivity index (χ2v) is 5.33. The van der Waals surface area contributed by atoms with Crippen molar-refractivity contribution in [2.24, 2.45) is 12.8 Å². The van der Waals surface area contributed by atoms with Gasteiger partial charge >= 0.3 is 6.09 Å². The maximum atomic E-state index is 11.5. The van der Waals surface area contributed by atoms with Crippen molar-refractivity contribution in [3.05, 3.63) is 17.5 Å². The van der Waals surface area contributed by atoms with Gasteiger partial charge in [0.2, 0.25) is 0 Å². The van der Waals surface area contributed by atoms with Crippen LogP contribution in [0.1, 0.15) is 38.1 Å². The van der Waals surface area contributed by atoms with Crippen LogP contribution >= 0.6 is 0 Å². The number of rotatable bonds is 3. The van der Waals surface area contributed by atoms with Gasteiger partial charge in [0, 0.05) is 25.4 Å². The molecule has 6 nitrogen and oxygen atoms in total. The van der Waals surface area contributed by atoms with E-state index < -0.39 is 11.7 Å². The smallest absolute Gasteiger partial charge is 0.407 e. The molecule has 1 amide bonds. The van der Waals surface area contributed by atoms with E-state index in [4.69, 9.17) is 10.5 Å². The molecular formula is C12H22N4O2. The minimum absolute atomic E-state index is 0.286. The Bertz CT molecular complexity index is 420. The number of ether oxygens (including phenoxy) is 1. The molecule has 0 spiro atoms. The van der Waals surface area contributed by atoms with E-state index >= 15 is 0 Å². The van der Waals surface area contributed by atoms with Gasteiger partial charge in [0.15, 0.2) is 0 Å². The zero-order valence-electron chi connectivity index (χ0n) is 11.7. The molecule has 1 rings (SSSR count). The fraction of sp³-hybridized carbons (Fsp3) is 0.667. The van der Waals surface area contributed by atoms with E-state index in [0.29, 0.717) is 6.54 Å². The zero-order valence-corrected chi connectivity index (χ0v) is 11.7. The molecule has 0 saturated heterocycles. The number of hydrogen-bond acceptors (Lipinski definition) is 4. The van der Waals surface area contributed by atoms with Crippen LogP contribution in [0, 0.1) is 6.92 Å². The second kappa shape index (κ2) is 5.39. The number of nitrogens with one attached hydrogen (secondary N) is 1. The van der Waals surface area contributed by atoms with Crippen molar-refractivity contribution < 1.29 is 9.53 Å². The van der Waals surface area contributed by atoms with Crippen LogP contribution in [0.4, 0.5) is 4.79 Å². The topological polar surface area (TPSA) is 82.2 Å². The van der Waals surface area contributed by atoms with Crippen LogP contribution < -0.4 is 11.1 Å². The number of amides is 1. The lowest BCUT2D eigenvalue weighted by Crippen LogP contribution is -2.36. The number of carbonyl (C=O) groups is 1. The Balaban J connectivity index is 2.49. The van der Waals surface area contributed by atoms with Gasteiger partial charge in [0.1, 0.15) is 5.60 Å². The van der Waals surface area contributed by atoms with Crippen LogP contribution in [0.15, 0.2) is 6.20 Å². The normalized spacial score (nSPS) is 13.2. The molecule has 1 aromatic rings. The van der Waals surface area contributed by atoms with Gasteiger partial charge in [-0.1, -0.05) is 0 Å². The fourth-order valence-corrected chi connectivity index (χ4v) is 1.60. The predicted octanol–water partition coefficient (Wildman–Crippen LogP) is 1.25. The van der Waals surface area contributed by atoms with Crippen LogP contribution in [0.25, 0.3) is 0 Å². The first-order valence-corrected chi connectivity index (χ1v) is 5.91. The lowest BCUT2D eigenvalue weighted by molar-refractivity contribution is 0.0524. The Kier molecular flexibility index (Phi) is 4.34. The standard InChI is InChI=1S/C12H22N4O2/c1-8-9(7-16(5)15-8)10(13)6-14-11(17)18-12(2,3)4/h7,10H,6,13H2,1-5H3,(H,14,17). The first-order valence-electron chi connectivity index (χ1n) is 5.91. The Labute approximate surface area is 107 Å². The minimum atomic E-state index is -0.502. The van der Waals surface area contributed by atoms with E-state index in [-0.39, 0.29) is 6.04 Å². The van der Waals surface area contributed by atoms with Crippen LogP contribution in [-0.4, -0.2) is 28.0 Å². The molecule has 0 saturated carbocycles. The van der Waals surface area contributed by atoms with Crippen LogP contribution in [0.2, 0.25) is 0 Å². The van der Waals surface area contributed by atoms with Crippen LogP contribution in [0.5, 0.6) is 0 Å². The molecule has 0 aromatic carbocycles. The molecule has 1 unspecified atom stereocenters. The Morgan fingerprint density at radius 2 is 2.22 bits per heavy atom. The highest BCUT2D eigenvalue weighted by Crippen LogP contribution is 2.13. The van der Waals surface area contributed by atoms with E-state index in [1.165, 1.54) is 0 Å². The highest BCUT2D eigenvalue weighted by molar-refractivity contribution is 5.67. The highest BCUT2D eigenvalue weighted by Gasteiger charge is 2.18. The summed E-state index contributed by atoms with van der Waals surface area (Å²) >= 11 is 0.